The van der Waals surface area contributed by atoms with Gasteiger partial charge in [-0.25, -0.2) is 0 Å². The van der Waals surface area contributed by atoms with E-state index in [9.17, 15) is 14.7 Å². The van der Waals surface area contributed by atoms with Gasteiger partial charge in [0.1, 0.15) is 11.5 Å². The number of aliphatic hydroxyl groups is 1. The minimum atomic E-state index is -0.654. The molecule has 0 spiro atoms. The maximum Gasteiger partial charge on any atom is 0.295 e. The largest absolute Gasteiger partial charge is 0.507 e. The third-order valence-electron chi connectivity index (χ3n) is 6.27. The molecular formula is C28H36N2O4. The van der Waals surface area contributed by atoms with Crippen molar-refractivity contribution in [2.24, 2.45) is 5.92 Å². The molecule has 1 aliphatic heterocycles. The summed E-state index contributed by atoms with van der Waals surface area (Å²) < 4.78 is 5.81. The van der Waals surface area contributed by atoms with Crippen molar-refractivity contribution in [2.75, 3.05) is 32.8 Å². The molecule has 34 heavy (non-hydrogen) atoms. The van der Waals surface area contributed by atoms with Crippen molar-refractivity contribution in [1.82, 2.24) is 9.80 Å². The lowest BCUT2D eigenvalue weighted by atomic mass is 9.92. The van der Waals surface area contributed by atoms with E-state index in [-0.39, 0.29) is 11.3 Å². The Balaban J connectivity index is 2.07. The minimum absolute atomic E-state index is 0.125. The van der Waals surface area contributed by atoms with Crippen LogP contribution in [0.15, 0.2) is 54.1 Å². The summed E-state index contributed by atoms with van der Waals surface area (Å²) in [4.78, 5) is 30.2. The summed E-state index contributed by atoms with van der Waals surface area (Å²) in [5.74, 6) is -0.435. The number of carbonyl (C=O) groups excluding carboxylic acids is 2. The number of ketones is 1. The van der Waals surface area contributed by atoms with Crippen molar-refractivity contribution < 1.29 is 19.4 Å². The minimum Gasteiger partial charge on any atom is -0.507 e. The third kappa shape index (κ3) is 5.50. The second-order valence-electron chi connectivity index (χ2n) is 9.11. The van der Waals surface area contributed by atoms with E-state index in [2.05, 4.69) is 32.6 Å². The number of nitrogens with zero attached hydrogens (tertiary/aromatic N) is 2. The summed E-state index contributed by atoms with van der Waals surface area (Å²) in [7, 11) is 0. The van der Waals surface area contributed by atoms with Gasteiger partial charge in [0.25, 0.3) is 11.7 Å². The SMILES string of the molecule is CCN(CC)CCN1C(=O)C(=O)/C(=C(/O)c2cccc(OCC(C)C)c2)C1c1ccccc1C. The predicted octanol–water partition coefficient (Wildman–Crippen LogP) is 4.79. The first-order chi connectivity index (χ1) is 16.3. The Hall–Kier alpha value is -3.12. The maximum atomic E-state index is 13.3. The van der Waals surface area contributed by atoms with Crippen LogP contribution in [0.5, 0.6) is 5.75 Å². The zero-order valence-corrected chi connectivity index (χ0v) is 20.9. The van der Waals surface area contributed by atoms with Gasteiger partial charge in [-0.05, 0) is 49.2 Å². The molecule has 6 heteroatoms. The number of rotatable bonds is 10. The Morgan fingerprint density at radius 1 is 1.09 bits per heavy atom. The molecule has 1 aliphatic rings. The van der Waals surface area contributed by atoms with E-state index >= 15 is 0 Å². The molecular weight excluding hydrogens is 428 g/mol. The average molecular weight is 465 g/mol. The molecule has 0 saturated carbocycles. The van der Waals surface area contributed by atoms with Gasteiger partial charge in [-0.2, -0.15) is 0 Å². The van der Waals surface area contributed by atoms with Gasteiger partial charge in [0.2, 0.25) is 0 Å². The average Bonchev–Trinajstić information content (AvgIpc) is 3.08. The number of hydrogen-bond donors (Lipinski definition) is 1. The fourth-order valence-electron chi connectivity index (χ4n) is 4.27. The van der Waals surface area contributed by atoms with Gasteiger partial charge in [0.05, 0.1) is 18.2 Å². The fourth-order valence-corrected chi connectivity index (χ4v) is 4.27. The molecule has 1 fully saturated rings. The number of Topliss-reactive ketones (excluding diaryl/α,β-unsaturated/α-hetero) is 1. The van der Waals surface area contributed by atoms with Gasteiger partial charge in [-0.15, -0.1) is 0 Å². The monoisotopic (exact) mass is 464 g/mol. The molecule has 0 bridgehead atoms. The number of benzene rings is 2. The number of likely N-dealkylation sites (tertiary alicyclic amines) is 1. The number of likely N-dealkylation sites (N-methyl/N-ethyl adjacent to an activating group) is 1. The Morgan fingerprint density at radius 2 is 1.79 bits per heavy atom. The van der Waals surface area contributed by atoms with Crippen LogP contribution in [0.3, 0.4) is 0 Å². The van der Waals surface area contributed by atoms with Crippen LogP contribution < -0.4 is 4.74 Å². The molecule has 0 aromatic heterocycles. The summed E-state index contributed by atoms with van der Waals surface area (Å²) in [6.07, 6.45) is 0. The molecule has 3 rings (SSSR count). The van der Waals surface area contributed by atoms with Crippen molar-refractivity contribution in [2.45, 2.75) is 40.7 Å². The van der Waals surface area contributed by atoms with Crippen molar-refractivity contribution in [3.63, 3.8) is 0 Å². The number of aryl methyl sites for hydroxylation is 1. The standard InChI is InChI=1S/C28H36N2O4/c1-6-29(7-2)15-16-30-25(23-14-9-8-11-20(23)5)24(27(32)28(30)33)26(31)21-12-10-13-22(17-21)34-18-19(3)4/h8-14,17,19,25,31H,6-7,15-16,18H2,1-5H3/b26-24+. The highest BCUT2D eigenvalue weighted by molar-refractivity contribution is 6.46. The summed E-state index contributed by atoms with van der Waals surface area (Å²) in [6, 6.07) is 14.1. The van der Waals surface area contributed by atoms with Gasteiger partial charge >= 0.3 is 0 Å². The number of hydrogen-bond acceptors (Lipinski definition) is 5. The molecule has 1 N–H and O–H groups in total. The Kier molecular flexibility index (Phi) is 8.51. The van der Waals surface area contributed by atoms with Gasteiger partial charge in [0, 0.05) is 18.7 Å². The quantitative estimate of drug-likeness (QED) is 0.311. The predicted molar refractivity (Wildman–Crippen MR) is 135 cm³/mol. The molecule has 1 saturated heterocycles. The van der Waals surface area contributed by atoms with E-state index in [1.54, 1.807) is 23.1 Å². The number of carbonyl (C=O) groups is 2. The summed E-state index contributed by atoms with van der Waals surface area (Å²) in [5.41, 5.74) is 2.39. The summed E-state index contributed by atoms with van der Waals surface area (Å²) >= 11 is 0. The Bertz CT molecular complexity index is 1060. The highest BCUT2D eigenvalue weighted by Crippen LogP contribution is 2.40. The van der Waals surface area contributed by atoms with Crippen LogP contribution in [0.2, 0.25) is 0 Å². The van der Waals surface area contributed by atoms with E-state index in [1.807, 2.05) is 37.3 Å². The van der Waals surface area contributed by atoms with Crippen LogP contribution in [0, 0.1) is 12.8 Å². The Morgan fingerprint density at radius 3 is 2.44 bits per heavy atom. The highest BCUT2D eigenvalue weighted by Gasteiger charge is 2.46. The van der Waals surface area contributed by atoms with Crippen LogP contribution in [0.25, 0.3) is 5.76 Å². The maximum absolute atomic E-state index is 13.3. The molecule has 0 radical (unpaired) electrons. The van der Waals surface area contributed by atoms with Crippen LogP contribution in [0.1, 0.15) is 50.4 Å². The highest BCUT2D eigenvalue weighted by atomic mass is 16.5. The van der Waals surface area contributed by atoms with Crippen molar-refractivity contribution in [3.8, 4) is 5.75 Å². The molecule has 1 heterocycles. The lowest BCUT2D eigenvalue weighted by molar-refractivity contribution is -0.140. The number of ether oxygens (including phenoxy) is 1. The van der Waals surface area contributed by atoms with Crippen LogP contribution in [0.4, 0.5) is 0 Å². The first-order valence-corrected chi connectivity index (χ1v) is 12.1. The van der Waals surface area contributed by atoms with Gasteiger partial charge in [-0.3, -0.25) is 9.59 Å². The van der Waals surface area contributed by atoms with Gasteiger partial charge in [0.15, 0.2) is 0 Å². The fraction of sp³-hybridized carbons (Fsp3) is 0.429. The first-order valence-electron chi connectivity index (χ1n) is 12.1. The van der Waals surface area contributed by atoms with E-state index in [4.69, 9.17) is 4.74 Å². The molecule has 182 valence electrons. The molecule has 1 atom stereocenters. The summed E-state index contributed by atoms with van der Waals surface area (Å²) in [6.45, 7) is 13.5. The van der Waals surface area contributed by atoms with Gasteiger partial charge < -0.3 is 19.6 Å². The molecule has 0 aliphatic carbocycles. The van der Waals surface area contributed by atoms with Crippen molar-refractivity contribution >= 4 is 17.4 Å². The molecule has 2 aromatic carbocycles. The Labute approximate surface area is 202 Å². The lowest BCUT2D eigenvalue weighted by Crippen LogP contribution is -2.38. The van der Waals surface area contributed by atoms with E-state index < -0.39 is 17.7 Å². The van der Waals surface area contributed by atoms with E-state index in [0.717, 1.165) is 24.2 Å². The van der Waals surface area contributed by atoms with Gasteiger partial charge in [-0.1, -0.05) is 64.1 Å². The van der Waals surface area contributed by atoms with Crippen molar-refractivity contribution in [3.05, 3.63) is 70.8 Å². The zero-order chi connectivity index (χ0) is 24.8. The number of amides is 1. The molecule has 1 unspecified atom stereocenters. The normalized spacial score (nSPS) is 17.7. The van der Waals surface area contributed by atoms with E-state index in [1.165, 1.54) is 0 Å². The van der Waals surface area contributed by atoms with Crippen molar-refractivity contribution in [1.29, 1.82) is 0 Å². The molecule has 1 amide bonds. The van der Waals surface area contributed by atoms with Crippen LogP contribution >= 0.6 is 0 Å². The zero-order valence-electron chi connectivity index (χ0n) is 20.9. The third-order valence-corrected chi connectivity index (χ3v) is 6.27. The topological polar surface area (TPSA) is 70.1 Å². The second-order valence-corrected chi connectivity index (χ2v) is 9.11. The summed E-state index contributed by atoms with van der Waals surface area (Å²) in [5, 5.41) is 11.3. The van der Waals surface area contributed by atoms with Crippen LogP contribution in [-0.2, 0) is 9.59 Å². The number of aliphatic hydroxyl groups excluding tert-OH is 1. The molecule has 6 nitrogen and oxygen atoms in total. The first kappa shape index (κ1) is 25.5. The lowest BCUT2D eigenvalue weighted by Gasteiger charge is -2.29. The smallest absolute Gasteiger partial charge is 0.295 e. The molecule has 2 aromatic rings. The second kappa shape index (κ2) is 11.3. The van der Waals surface area contributed by atoms with E-state index in [0.29, 0.717) is 36.9 Å². The van der Waals surface area contributed by atoms with Crippen LogP contribution in [-0.4, -0.2) is 59.4 Å².